The fourth-order valence-corrected chi connectivity index (χ4v) is 2.90. The van der Waals surface area contributed by atoms with Crippen molar-refractivity contribution in [3.05, 3.63) is 53.6 Å². The lowest BCUT2D eigenvalue weighted by Gasteiger charge is -2.24. The number of rotatable bonds is 8. The normalized spacial score (nSPS) is 12.4. The van der Waals surface area contributed by atoms with Gasteiger partial charge in [-0.3, -0.25) is 14.4 Å². The highest BCUT2D eigenvalue weighted by Crippen LogP contribution is 2.13. The monoisotopic (exact) mass is 472 g/mol. The van der Waals surface area contributed by atoms with Crippen LogP contribution in [0.3, 0.4) is 0 Å². The van der Waals surface area contributed by atoms with Gasteiger partial charge >= 0.3 is 11.9 Å². The molecule has 3 N–H and O–H groups in total. The smallest absolute Gasteiger partial charge is 0.329 e. The third-order valence-corrected chi connectivity index (χ3v) is 4.17. The van der Waals surface area contributed by atoms with Crippen LogP contribution in [-0.2, 0) is 25.5 Å². The molecule has 0 radical (unpaired) electrons. The maximum Gasteiger partial charge on any atom is 0.329 e. The van der Waals surface area contributed by atoms with Gasteiger partial charge in [0.05, 0.1) is 6.33 Å². The highest BCUT2D eigenvalue weighted by Gasteiger charge is 2.30. The van der Waals surface area contributed by atoms with E-state index >= 15 is 0 Å². The van der Waals surface area contributed by atoms with Crippen LogP contribution < -0.4 is 10.6 Å². The molecule has 0 bridgehead atoms. The summed E-state index contributed by atoms with van der Waals surface area (Å²) in [4.78, 5) is 56.7. The number of nitrogens with one attached hydrogen (secondary N) is 3. The van der Waals surface area contributed by atoms with Crippen LogP contribution in [0.15, 0.2) is 36.7 Å². The number of H-pyrrole nitrogens is 1. The van der Waals surface area contributed by atoms with Crippen LogP contribution in [0.2, 0.25) is 0 Å². The van der Waals surface area contributed by atoms with Crippen molar-refractivity contribution in [2.24, 2.45) is 0 Å². The van der Waals surface area contributed by atoms with Gasteiger partial charge in [-0.15, -0.1) is 0 Å². The molecule has 34 heavy (non-hydrogen) atoms. The van der Waals surface area contributed by atoms with E-state index < -0.39 is 41.0 Å². The first-order valence-electron chi connectivity index (χ1n) is 10.9. The van der Waals surface area contributed by atoms with Gasteiger partial charge < -0.3 is 25.1 Å². The Morgan fingerprint density at radius 2 is 1.56 bits per heavy atom. The quantitative estimate of drug-likeness (QED) is 0.500. The van der Waals surface area contributed by atoms with Crippen LogP contribution in [0.4, 0.5) is 0 Å². The molecular formula is C24H32N4O6. The first-order chi connectivity index (χ1) is 15.7. The predicted octanol–water partition coefficient (Wildman–Crippen LogP) is 2.16. The Morgan fingerprint density at radius 1 is 0.941 bits per heavy atom. The average Bonchev–Trinajstić information content (AvgIpc) is 3.20. The average molecular weight is 473 g/mol. The highest BCUT2D eigenvalue weighted by atomic mass is 16.6. The molecule has 0 saturated heterocycles. The maximum absolute atomic E-state index is 13.0. The molecule has 0 aliphatic rings. The van der Waals surface area contributed by atoms with E-state index in [9.17, 15) is 19.2 Å². The van der Waals surface area contributed by atoms with E-state index in [4.69, 9.17) is 9.47 Å². The summed E-state index contributed by atoms with van der Waals surface area (Å²) in [7, 11) is 0. The second kappa shape index (κ2) is 11.0. The Kier molecular flexibility index (Phi) is 8.56. The summed E-state index contributed by atoms with van der Waals surface area (Å²) >= 11 is 0. The summed E-state index contributed by atoms with van der Waals surface area (Å²) in [5, 5.41) is 5.01. The number of hydrogen-bond donors (Lipinski definition) is 3. The highest BCUT2D eigenvalue weighted by molar-refractivity contribution is 6.06. The number of aromatic amines is 1. The summed E-state index contributed by atoms with van der Waals surface area (Å²) in [5.74, 6) is -2.70. The number of amides is 2. The zero-order valence-corrected chi connectivity index (χ0v) is 20.4. The number of hydrogen-bond acceptors (Lipinski definition) is 7. The van der Waals surface area contributed by atoms with Crippen molar-refractivity contribution in [3.63, 3.8) is 0 Å². The summed E-state index contributed by atoms with van der Waals surface area (Å²) < 4.78 is 10.6. The van der Waals surface area contributed by atoms with Gasteiger partial charge in [0, 0.05) is 6.42 Å². The molecule has 184 valence electrons. The van der Waals surface area contributed by atoms with Crippen LogP contribution in [-0.4, -0.2) is 57.5 Å². The van der Waals surface area contributed by atoms with Crippen LogP contribution in [0, 0.1) is 0 Å². The Balaban J connectivity index is 2.13. The summed E-state index contributed by atoms with van der Waals surface area (Å²) in [5.41, 5.74) is -1.01. The molecule has 0 aliphatic heterocycles. The number of imidazole rings is 1. The van der Waals surface area contributed by atoms with Crippen LogP contribution in [0.5, 0.6) is 0 Å². The third-order valence-electron chi connectivity index (χ3n) is 4.17. The summed E-state index contributed by atoms with van der Waals surface area (Å²) in [6.07, 6.45) is 1.36. The molecule has 10 heteroatoms. The molecule has 0 saturated carbocycles. The Bertz CT molecular complexity index is 1020. The zero-order valence-electron chi connectivity index (χ0n) is 20.4. The van der Waals surface area contributed by atoms with E-state index in [0.29, 0.717) is 0 Å². The van der Waals surface area contributed by atoms with E-state index in [2.05, 4.69) is 20.6 Å². The van der Waals surface area contributed by atoms with Crippen molar-refractivity contribution in [2.45, 2.75) is 65.2 Å². The van der Waals surface area contributed by atoms with Crippen LogP contribution in [0.1, 0.15) is 68.1 Å². The minimum Gasteiger partial charge on any atom is -0.459 e. The number of esters is 2. The van der Waals surface area contributed by atoms with Gasteiger partial charge in [0.1, 0.15) is 29.5 Å². The zero-order chi connectivity index (χ0) is 25.5. The first kappa shape index (κ1) is 26.6. The number of carbonyl (C=O) groups excluding carboxylic acids is 4. The fourth-order valence-electron chi connectivity index (χ4n) is 2.90. The molecule has 2 rings (SSSR count). The van der Waals surface area contributed by atoms with Gasteiger partial charge in [-0.1, -0.05) is 30.3 Å². The minimum atomic E-state index is -1.01. The third kappa shape index (κ3) is 8.68. The van der Waals surface area contributed by atoms with E-state index in [0.717, 1.165) is 5.56 Å². The number of aromatic nitrogens is 2. The van der Waals surface area contributed by atoms with Crippen molar-refractivity contribution >= 4 is 23.8 Å². The predicted molar refractivity (Wildman–Crippen MR) is 124 cm³/mol. The van der Waals surface area contributed by atoms with Crippen molar-refractivity contribution in [3.8, 4) is 0 Å². The largest absolute Gasteiger partial charge is 0.459 e. The molecule has 0 spiro atoms. The lowest BCUT2D eigenvalue weighted by atomic mass is 10.1. The lowest BCUT2D eigenvalue weighted by molar-refractivity contribution is -0.157. The Morgan fingerprint density at radius 3 is 2.15 bits per heavy atom. The molecule has 2 amide bonds. The SMILES string of the molecule is CC(C)(C)OC(=O)CNC(=O)c1[nH]cnc1C(=O)N[C@@H](Cc1ccccc1)C(=O)OC(C)(C)C. The molecule has 1 aromatic carbocycles. The van der Waals surface area contributed by atoms with Crippen LogP contribution in [0.25, 0.3) is 0 Å². The summed E-state index contributed by atoms with van der Waals surface area (Å²) in [6.45, 7) is 9.93. The van der Waals surface area contributed by atoms with Crippen LogP contribution >= 0.6 is 0 Å². The molecule has 2 aromatic rings. The molecule has 1 heterocycles. The number of ether oxygens (including phenoxy) is 2. The van der Waals surface area contributed by atoms with E-state index in [1.807, 2.05) is 30.3 Å². The second-order valence-corrected chi connectivity index (χ2v) is 9.64. The summed E-state index contributed by atoms with van der Waals surface area (Å²) in [6, 6.07) is 8.13. The van der Waals surface area contributed by atoms with Crippen molar-refractivity contribution in [2.75, 3.05) is 6.54 Å². The van der Waals surface area contributed by atoms with Gasteiger partial charge in [-0.05, 0) is 47.1 Å². The van der Waals surface area contributed by atoms with Gasteiger partial charge in [0.15, 0.2) is 5.69 Å². The van der Waals surface area contributed by atoms with E-state index in [1.54, 1.807) is 41.5 Å². The van der Waals surface area contributed by atoms with Gasteiger partial charge in [-0.25, -0.2) is 9.78 Å². The molecule has 10 nitrogen and oxygen atoms in total. The van der Waals surface area contributed by atoms with Gasteiger partial charge in [-0.2, -0.15) is 0 Å². The second-order valence-electron chi connectivity index (χ2n) is 9.64. The molecule has 1 aromatic heterocycles. The van der Waals surface area contributed by atoms with E-state index in [1.165, 1.54) is 6.33 Å². The molecule has 0 fully saturated rings. The molecule has 0 unspecified atom stereocenters. The standard InChI is InChI=1S/C24H32N4O6/c1-23(2,3)33-17(29)13-25-20(30)18-19(27-14-26-18)21(31)28-16(22(32)34-24(4,5)6)12-15-10-8-7-9-11-15/h7-11,14,16H,12-13H2,1-6H3,(H,25,30)(H,26,27)(H,28,31)/t16-/m0/s1. The number of carbonyl (C=O) groups is 4. The topological polar surface area (TPSA) is 139 Å². The lowest BCUT2D eigenvalue weighted by Crippen LogP contribution is -2.46. The molecule has 1 atom stereocenters. The van der Waals surface area contributed by atoms with Gasteiger partial charge in [0.2, 0.25) is 0 Å². The Labute approximate surface area is 198 Å². The molecular weight excluding hydrogens is 440 g/mol. The van der Waals surface area contributed by atoms with E-state index in [-0.39, 0.29) is 24.4 Å². The fraction of sp³-hybridized carbons (Fsp3) is 0.458. The maximum atomic E-state index is 13.0. The molecule has 0 aliphatic carbocycles. The van der Waals surface area contributed by atoms with Gasteiger partial charge in [0.25, 0.3) is 11.8 Å². The Hall–Kier alpha value is -3.69. The first-order valence-corrected chi connectivity index (χ1v) is 10.9. The van der Waals surface area contributed by atoms with Crippen molar-refractivity contribution < 1.29 is 28.7 Å². The van der Waals surface area contributed by atoms with Crippen molar-refractivity contribution in [1.82, 2.24) is 20.6 Å². The van der Waals surface area contributed by atoms with Crippen molar-refractivity contribution in [1.29, 1.82) is 0 Å². The number of nitrogens with zero attached hydrogens (tertiary/aromatic N) is 1. The number of benzene rings is 1. The minimum absolute atomic E-state index is 0.149.